The molecule has 0 bridgehead atoms. The third kappa shape index (κ3) is 2.83. The highest BCUT2D eigenvalue weighted by atomic mass is 32.1. The minimum atomic E-state index is 0.0532. The summed E-state index contributed by atoms with van der Waals surface area (Å²) in [6.07, 6.45) is 3.12. The Morgan fingerprint density at radius 3 is 3.08 bits per heavy atom. The number of fused-ring (bicyclic) bond motifs is 1. The van der Waals surface area contributed by atoms with Gasteiger partial charge in [-0.25, -0.2) is 0 Å². The average molecular weight is 342 g/mol. The summed E-state index contributed by atoms with van der Waals surface area (Å²) in [7, 11) is 0. The fourth-order valence-corrected chi connectivity index (χ4v) is 4.35. The zero-order chi connectivity index (χ0) is 16.5. The van der Waals surface area contributed by atoms with Gasteiger partial charge in [0.25, 0.3) is 5.91 Å². The van der Waals surface area contributed by atoms with E-state index in [0.29, 0.717) is 18.8 Å². The van der Waals surface area contributed by atoms with Crippen molar-refractivity contribution in [2.45, 2.75) is 38.5 Å². The summed E-state index contributed by atoms with van der Waals surface area (Å²) >= 11 is 1.54. The van der Waals surface area contributed by atoms with Gasteiger partial charge in [-0.1, -0.05) is 0 Å². The van der Waals surface area contributed by atoms with E-state index in [0.717, 1.165) is 47.9 Å². The minimum absolute atomic E-state index is 0.0532. The lowest BCUT2D eigenvalue weighted by molar-refractivity contribution is 0.0750. The number of nitrogens with zero attached hydrogens (tertiary/aromatic N) is 4. The Morgan fingerprint density at radius 2 is 2.29 bits per heavy atom. The highest BCUT2D eigenvalue weighted by molar-refractivity contribution is 7.14. The number of aromatic nitrogens is 2. The molecule has 0 aliphatic carbocycles. The van der Waals surface area contributed by atoms with E-state index in [1.54, 1.807) is 6.07 Å². The summed E-state index contributed by atoms with van der Waals surface area (Å²) in [4.78, 5) is 16.6. The van der Waals surface area contributed by atoms with Gasteiger partial charge in [-0.15, -0.1) is 11.3 Å². The molecule has 0 N–H and O–H groups in total. The number of nitriles is 1. The number of ether oxygens (including phenoxy) is 1. The Morgan fingerprint density at radius 1 is 1.38 bits per heavy atom. The third-order valence-electron chi connectivity index (χ3n) is 4.50. The molecule has 1 saturated heterocycles. The first-order chi connectivity index (χ1) is 11.7. The van der Waals surface area contributed by atoms with Crippen LogP contribution >= 0.6 is 11.3 Å². The Bertz CT molecular complexity index is 798. The van der Waals surface area contributed by atoms with Crippen molar-refractivity contribution in [2.75, 3.05) is 13.2 Å². The van der Waals surface area contributed by atoms with Gasteiger partial charge in [-0.3, -0.25) is 9.48 Å². The molecule has 2 aromatic rings. The summed E-state index contributed by atoms with van der Waals surface area (Å²) in [6.45, 7) is 2.76. The van der Waals surface area contributed by atoms with E-state index < -0.39 is 0 Å². The Hall–Kier alpha value is -2.17. The molecule has 6 nitrogen and oxygen atoms in total. The number of aryl methyl sites for hydroxylation is 1. The lowest BCUT2D eigenvalue weighted by Crippen LogP contribution is -2.30. The van der Waals surface area contributed by atoms with Crippen molar-refractivity contribution in [1.82, 2.24) is 14.7 Å². The Labute approximate surface area is 144 Å². The number of carbonyl (C=O) groups excluding carboxylic acids is 1. The fraction of sp³-hybridized carbons (Fsp3) is 0.471. The first-order valence-corrected chi connectivity index (χ1v) is 9.03. The first-order valence-electron chi connectivity index (χ1n) is 8.22. The molecular weight excluding hydrogens is 324 g/mol. The summed E-state index contributed by atoms with van der Waals surface area (Å²) in [6, 6.07) is 7.77. The second-order valence-electron chi connectivity index (χ2n) is 6.14. The Balaban J connectivity index is 1.52. The topological polar surface area (TPSA) is 71.2 Å². The predicted molar refractivity (Wildman–Crippen MR) is 88.5 cm³/mol. The van der Waals surface area contributed by atoms with Crippen LogP contribution < -0.4 is 0 Å². The molecule has 24 heavy (non-hydrogen) atoms. The molecule has 0 unspecified atom stereocenters. The van der Waals surface area contributed by atoms with Crippen LogP contribution in [0, 0.1) is 11.3 Å². The van der Waals surface area contributed by atoms with Gasteiger partial charge in [-0.2, -0.15) is 10.4 Å². The number of rotatable bonds is 2. The highest BCUT2D eigenvalue weighted by Gasteiger charge is 2.25. The molecule has 2 aliphatic heterocycles. The highest BCUT2D eigenvalue weighted by Crippen LogP contribution is 2.34. The molecule has 0 radical (unpaired) electrons. The van der Waals surface area contributed by atoms with Crippen molar-refractivity contribution in [3.8, 4) is 6.07 Å². The standard InChI is InChI=1S/C17H18N4O2S/c18-10-12-9-13-11-20(6-2-7-21(13)19-12)17(22)16-5-4-15(24-16)14-3-1-8-23-14/h4-5,9,14H,1-3,6-8,11H2/t14-/m0/s1. The lowest BCUT2D eigenvalue weighted by atomic mass is 10.2. The molecule has 1 atom stereocenters. The van der Waals surface area contributed by atoms with E-state index in [1.807, 2.05) is 21.7 Å². The molecule has 2 aliphatic rings. The first kappa shape index (κ1) is 15.4. The van der Waals surface area contributed by atoms with Gasteiger partial charge in [-0.05, 0) is 37.5 Å². The van der Waals surface area contributed by atoms with Crippen molar-refractivity contribution in [1.29, 1.82) is 5.26 Å². The van der Waals surface area contributed by atoms with Crippen molar-refractivity contribution in [3.05, 3.63) is 39.3 Å². The van der Waals surface area contributed by atoms with E-state index in [2.05, 4.69) is 11.2 Å². The molecular formula is C17H18N4O2S. The van der Waals surface area contributed by atoms with Crippen molar-refractivity contribution >= 4 is 17.2 Å². The minimum Gasteiger partial charge on any atom is -0.373 e. The molecule has 2 aromatic heterocycles. The second kappa shape index (κ2) is 6.38. The molecule has 1 amide bonds. The quantitative estimate of drug-likeness (QED) is 0.841. The zero-order valence-electron chi connectivity index (χ0n) is 13.3. The van der Waals surface area contributed by atoms with Crippen LogP contribution in [0.15, 0.2) is 18.2 Å². The van der Waals surface area contributed by atoms with E-state index in [4.69, 9.17) is 10.00 Å². The van der Waals surface area contributed by atoms with Gasteiger partial charge in [0.15, 0.2) is 5.69 Å². The van der Waals surface area contributed by atoms with Gasteiger partial charge in [0.1, 0.15) is 6.07 Å². The number of amides is 1. The molecule has 4 heterocycles. The Kier molecular flexibility index (Phi) is 4.08. The van der Waals surface area contributed by atoms with Gasteiger partial charge in [0, 0.05) is 24.6 Å². The van der Waals surface area contributed by atoms with Crippen LogP contribution in [0.25, 0.3) is 0 Å². The van der Waals surface area contributed by atoms with Gasteiger partial charge >= 0.3 is 0 Å². The predicted octanol–water partition coefficient (Wildman–Crippen LogP) is 2.71. The van der Waals surface area contributed by atoms with Crippen LogP contribution in [0.4, 0.5) is 0 Å². The molecule has 0 spiro atoms. The zero-order valence-corrected chi connectivity index (χ0v) is 14.1. The SMILES string of the molecule is N#Cc1cc2n(n1)CCCN(C(=O)c1ccc([C@@H]3CCCO3)s1)C2. The maximum Gasteiger partial charge on any atom is 0.264 e. The van der Waals surface area contributed by atoms with Crippen LogP contribution in [-0.4, -0.2) is 33.7 Å². The monoisotopic (exact) mass is 342 g/mol. The maximum atomic E-state index is 12.9. The second-order valence-corrected chi connectivity index (χ2v) is 7.26. The van der Waals surface area contributed by atoms with Crippen LogP contribution in [0.5, 0.6) is 0 Å². The normalized spacial score (nSPS) is 20.5. The van der Waals surface area contributed by atoms with Crippen LogP contribution in [0.2, 0.25) is 0 Å². The third-order valence-corrected chi connectivity index (χ3v) is 5.67. The maximum absolute atomic E-state index is 12.9. The average Bonchev–Trinajstić information content (AvgIpc) is 3.32. The van der Waals surface area contributed by atoms with Gasteiger partial charge in [0.2, 0.25) is 0 Å². The fourth-order valence-electron chi connectivity index (χ4n) is 3.29. The van der Waals surface area contributed by atoms with E-state index in [9.17, 15) is 4.79 Å². The smallest absolute Gasteiger partial charge is 0.264 e. The van der Waals surface area contributed by atoms with E-state index in [1.165, 1.54) is 11.3 Å². The van der Waals surface area contributed by atoms with Crippen LogP contribution in [0.1, 0.15) is 51.3 Å². The van der Waals surface area contributed by atoms with Gasteiger partial charge in [0.05, 0.1) is 23.2 Å². The van der Waals surface area contributed by atoms with E-state index >= 15 is 0 Å². The summed E-state index contributed by atoms with van der Waals surface area (Å²) < 4.78 is 7.55. The molecule has 7 heteroatoms. The van der Waals surface area contributed by atoms with Gasteiger partial charge < -0.3 is 9.64 Å². The molecule has 0 aromatic carbocycles. The largest absolute Gasteiger partial charge is 0.373 e. The summed E-state index contributed by atoms with van der Waals surface area (Å²) in [5.41, 5.74) is 1.34. The molecule has 1 fully saturated rings. The summed E-state index contributed by atoms with van der Waals surface area (Å²) in [5.74, 6) is 0.0532. The summed E-state index contributed by atoms with van der Waals surface area (Å²) in [5, 5.41) is 13.3. The van der Waals surface area contributed by atoms with Crippen LogP contribution in [-0.2, 0) is 17.8 Å². The number of hydrogen-bond donors (Lipinski definition) is 0. The molecule has 0 saturated carbocycles. The van der Waals surface area contributed by atoms with Crippen molar-refractivity contribution in [2.24, 2.45) is 0 Å². The van der Waals surface area contributed by atoms with Crippen molar-refractivity contribution < 1.29 is 9.53 Å². The molecule has 124 valence electrons. The molecule has 4 rings (SSSR count). The van der Waals surface area contributed by atoms with E-state index in [-0.39, 0.29) is 12.0 Å². The van der Waals surface area contributed by atoms with Crippen molar-refractivity contribution in [3.63, 3.8) is 0 Å². The number of carbonyl (C=O) groups is 1. The number of hydrogen-bond acceptors (Lipinski definition) is 5. The lowest BCUT2D eigenvalue weighted by Gasteiger charge is -2.19. The number of thiophene rings is 1. The van der Waals surface area contributed by atoms with Crippen LogP contribution in [0.3, 0.4) is 0 Å².